The van der Waals surface area contributed by atoms with Gasteiger partial charge in [0, 0.05) is 31.1 Å². The second kappa shape index (κ2) is 11.8. The molecule has 222 valence electrons. The van der Waals surface area contributed by atoms with E-state index in [0.717, 1.165) is 64.6 Å². The molecule has 4 heterocycles. The molecule has 0 unspecified atom stereocenters. The third kappa shape index (κ3) is 7.30. The molecular weight excluding hydrogens is 504 g/mol. The zero-order valence-electron chi connectivity index (χ0n) is 24.5. The van der Waals surface area contributed by atoms with Crippen LogP contribution in [0.25, 0.3) is 0 Å². The summed E-state index contributed by atoms with van der Waals surface area (Å²) in [5, 5.41) is 0. The first kappa shape index (κ1) is 29.6. The van der Waals surface area contributed by atoms with Crippen molar-refractivity contribution in [2.45, 2.75) is 154 Å². The molecule has 3 saturated heterocycles. The SMILES string of the molecule is C[C@@H]1O[C@@H](O[C@H]2CC[C@H](O[C@H]3CC[C@H](OC4(C)CCC5(CC4)OCC(C)(C)CO5)O[C@H]3C)O[C@H]2C)C=CC1=O. The Bertz CT molecular complexity index is 868. The maximum atomic E-state index is 11.6. The van der Waals surface area contributed by atoms with Crippen molar-refractivity contribution in [3.8, 4) is 0 Å². The molecule has 9 heteroatoms. The van der Waals surface area contributed by atoms with Crippen LogP contribution in [0.2, 0.25) is 0 Å². The van der Waals surface area contributed by atoms with E-state index in [-0.39, 0.29) is 53.8 Å². The van der Waals surface area contributed by atoms with E-state index in [4.69, 9.17) is 37.9 Å². The number of carbonyl (C=O) groups excluding carboxylic acids is 1. The first-order valence-corrected chi connectivity index (χ1v) is 14.9. The summed E-state index contributed by atoms with van der Waals surface area (Å²) in [6.07, 6.45) is 7.84. The predicted octanol–water partition coefficient (Wildman–Crippen LogP) is 4.80. The van der Waals surface area contributed by atoms with Gasteiger partial charge >= 0.3 is 0 Å². The van der Waals surface area contributed by atoms with Crippen molar-refractivity contribution in [2.24, 2.45) is 5.41 Å². The monoisotopic (exact) mass is 552 g/mol. The molecule has 0 radical (unpaired) electrons. The molecule has 39 heavy (non-hydrogen) atoms. The van der Waals surface area contributed by atoms with Gasteiger partial charge in [-0.1, -0.05) is 13.8 Å². The molecule has 5 aliphatic rings. The summed E-state index contributed by atoms with van der Waals surface area (Å²) in [4.78, 5) is 11.6. The van der Waals surface area contributed by atoms with Crippen molar-refractivity contribution in [3.63, 3.8) is 0 Å². The first-order chi connectivity index (χ1) is 18.4. The molecule has 0 bridgehead atoms. The van der Waals surface area contributed by atoms with Crippen molar-refractivity contribution >= 4 is 5.78 Å². The number of ether oxygens (including phenoxy) is 8. The fraction of sp³-hybridized carbons (Fsp3) is 0.900. The Morgan fingerprint density at radius 2 is 1.36 bits per heavy atom. The standard InChI is InChI=1S/C30H48O9/c1-19-22(31)7-10-25(34-19)37-23-8-11-26(35-20(23)2)38-24-9-12-27(36-21(24)3)39-29(6)13-15-30(16-14-29)32-17-28(4,5)18-33-30/h7,10,19-21,23-27H,8-9,11-18H2,1-6H3/t19-,20-,21-,23-,24-,25-,26-,27-/m0/s1. The highest BCUT2D eigenvalue weighted by Crippen LogP contribution is 2.44. The largest absolute Gasteiger partial charge is 0.349 e. The van der Waals surface area contributed by atoms with Crippen LogP contribution in [-0.2, 0) is 42.7 Å². The van der Waals surface area contributed by atoms with Crippen LogP contribution in [0.4, 0.5) is 0 Å². The maximum Gasteiger partial charge on any atom is 0.184 e. The van der Waals surface area contributed by atoms with Gasteiger partial charge in [-0.15, -0.1) is 0 Å². The molecule has 0 amide bonds. The maximum absolute atomic E-state index is 11.6. The molecule has 8 atom stereocenters. The molecule has 0 aromatic carbocycles. The summed E-state index contributed by atoms with van der Waals surface area (Å²) >= 11 is 0. The first-order valence-electron chi connectivity index (χ1n) is 14.9. The Balaban J connectivity index is 1.03. The Morgan fingerprint density at radius 3 is 1.97 bits per heavy atom. The van der Waals surface area contributed by atoms with Gasteiger partial charge in [0.1, 0.15) is 6.10 Å². The van der Waals surface area contributed by atoms with E-state index in [0.29, 0.717) is 0 Å². The fourth-order valence-corrected chi connectivity index (χ4v) is 6.09. The topological polar surface area (TPSA) is 90.9 Å². The molecular formula is C30H48O9. The number of hydrogen-bond acceptors (Lipinski definition) is 9. The van der Waals surface area contributed by atoms with Crippen molar-refractivity contribution in [1.29, 1.82) is 0 Å². The van der Waals surface area contributed by atoms with E-state index in [1.807, 2.05) is 6.92 Å². The lowest BCUT2D eigenvalue weighted by Gasteiger charge is -2.50. The van der Waals surface area contributed by atoms with Gasteiger partial charge < -0.3 is 37.9 Å². The zero-order chi connectivity index (χ0) is 27.8. The van der Waals surface area contributed by atoms with E-state index >= 15 is 0 Å². The van der Waals surface area contributed by atoms with E-state index < -0.39 is 18.2 Å². The van der Waals surface area contributed by atoms with Crippen LogP contribution in [0.15, 0.2) is 12.2 Å². The Labute approximate surface area is 233 Å². The van der Waals surface area contributed by atoms with Crippen LogP contribution in [0.5, 0.6) is 0 Å². The van der Waals surface area contributed by atoms with E-state index in [1.165, 1.54) is 6.08 Å². The summed E-state index contributed by atoms with van der Waals surface area (Å²) in [5.41, 5.74) is -0.172. The van der Waals surface area contributed by atoms with Crippen molar-refractivity contribution in [1.82, 2.24) is 0 Å². The molecule has 0 aromatic heterocycles. The van der Waals surface area contributed by atoms with Crippen molar-refractivity contribution in [2.75, 3.05) is 13.2 Å². The van der Waals surface area contributed by atoms with Gasteiger partial charge in [0.25, 0.3) is 0 Å². The average Bonchev–Trinajstić information content (AvgIpc) is 2.88. The molecule has 1 saturated carbocycles. The van der Waals surface area contributed by atoms with E-state index in [2.05, 4.69) is 27.7 Å². The molecule has 1 aliphatic carbocycles. The summed E-state index contributed by atoms with van der Waals surface area (Å²) in [7, 11) is 0. The van der Waals surface area contributed by atoms with Crippen LogP contribution in [0.1, 0.15) is 92.9 Å². The summed E-state index contributed by atoms with van der Waals surface area (Å²) in [6.45, 7) is 13.8. The normalized spacial score (nSPS) is 41.9. The second-order valence-electron chi connectivity index (χ2n) is 13.2. The predicted molar refractivity (Wildman–Crippen MR) is 142 cm³/mol. The van der Waals surface area contributed by atoms with Gasteiger partial charge in [-0.05, 0) is 65.5 Å². The van der Waals surface area contributed by atoms with Gasteiger partial charge in [0.2, 0.25) is 0 Å². The second-order valence-corrected chi connectivity index (χ2v) is 13.2. The minimum atomic E-state index is -0.527. The highest BCUT2D eigenvalue weighted by molar-refractivity contribution is 5.93. The lowest BCUT2D eigenvalue weighted by Crippen LogP contribution is -2.53. The lowest BCUT2D eigenvalue weighted by molar-refractivity contribution is -0.335. The van der Waals surface area contributed by atoms with Crippen molar-refractivity contribution in [3.05, 3.63) is 12.2 Å². The summed E-state index contributed by atoms with van der Waals surface area (Å²) in [6, 6.07) is 0. The number of rotatable bonds is 6. The van der Waals surface area contributed by atoms with Crippen LogP contribution in [-0.4, -0.2) is 79.8 Å². The third-order valence-corrected chi connectivity index (χ3v) is 8.88. The van der Waals surface area contributed by atoms with E-state index in [9.17, 15) is 4.79 Å². The molecule has 0 aromatic rings. The molecule has 4 fully saturated rings. The van der Waals surface area contributed by atoms with Crippen LogP contribution in [0, 0.1) is 5.41 Å². The third-order valence-electron chi connectivity index (χ3n) is 8.88. The van der Waals surface area contributed by atoms with Gasteiger partial charge in [-0.3, -0.25) is 4.79 Å². The smallest absolute Gasteiger partial charge is 0.184 e. The minimum Gasteiger partial charge on any atom is -0.349 e. The van der Waals surface area contributed by atoms with Gasteiger partial charge in [-0.25, -0.2) is 0 Å². The van der Waals surface area contributed by atoms with Gasteiger partial charge in [-0.2, -0.15) is 0 Å². The highest BCUT2D eigenvalue weighted by Gasteiger charge is 2.48. The summed E-state index contributed by atoms with van der Waals surface area (Å²) < 4.78 is 49.5. The molecule has 1 spiro atoms. The van der Waals surface area contributed by atoms with Gasteiger partial charge in [0.05, 0.1) is 43.2 Å². The molecule has 0 N–H and O–H groups in total. The summed E-state index contributed by atoms with van der Waals surface area (Å²) in [5.74, 6) is -0.488. The minimum absolute atomic E-state index is 0.0400. The van der Waals surface area contributed by atoms with Crippen LogP contribution in [0.3, 0.4) is 0 Å². The van der Waals surface area contributed by atoms with Crippen LogP contribution >= 0.6 is 0 Å². The van der Waals surface area contributed by atoms with Crippen molar-refractivity contribution < 1.29 is 42.7 Å². The zero-order valence-corrected chi connectivity index (χ0v) is 24.5. The average molecular weight is 553 g/mol. The van der Waals surface area contributed by atoms with Crippen LogP contribution < -0.4 is 0 Å². The number of ketones is 1. The quantitative estimate of drug-likeness (QED) is 0.461. The Hall–Kier alpha value is -0.910. The Morgan fingerprint density at radius 1 is 0.769 bits per heavy atom. The van der Waals surface area contributed by atoms with E-state index in [1.54, 1.807) is 13.0 Å². The number of hydrogen-bond donors (Lipinski definition) is 0. The molecule has 9 nitrogen and oxygen atoms in total. The fourth-order valence-electron chi connectivity index (χ4n) is 6.09. The number of carbonyl (C=O) groups is 1. The molecule has 4 aliphatic heterocycles. The Kier molecular flexibility index (Phi) is 8.92. The lowest BCUT2D eigenvalue weighted by atomic mass is 9.81. The molecule has 5 rings (SSSR count). The highest BCUT2D eigenvalue weighted by atomic mass is 16.7. The van der Waals surface area contributed by atoms with Gasteiger partial charge in [0.15, 0.2) is 30.4 Å².